The molecule has 0 saturated heterocycles. The Morgan fingerprint density at radius 1 is 0.519 bits per heavy atom. The van der Waals surface area contributed by atoms with Gasteiger partial charge in [0, 0.05) is 6.42 Å². The van der Waals surface area contributed by atoms with Crippen LogP contribution in [-0.4, -0.2) is 0 Å². The Kier molecular flexibility index (Phi) is 6.90. The number of ether oxygens (including phenoxy) is 2. The first-order valence-corrected chi connectivity index (χ1v) is 9.18. The summed E-state index contributed by atoms with van der Waals surface area (Å²) in [7, 11) is -10.7. The summed E-state index contributed by atoms with van der Waals surface area (Å²) in [5.41, 5.74) is 0. The molecule has 4 rings (SSSR count). The molecule has 2 nitrogen and oxygen atoms in total. The van der Waals surface area contributed by atoms with Crippen molar-refractivity contribution in [3.63, 3.8) is 0 Å². The van der Waals surface area contributed by atoms with Crippen molar-refractivity contribution in [1.29, 1.82) is 0 Å². The molecule has 27 heavy (non-hydrogen) atoms. The van der Waals surface area contributed by atoms with Crippen LogP contribution in [0.4, 0.5) is 25.2 Å². The summed E-state index contributed by atoms with van der Waals surface area (Å²) >= 11 is 0. The molecule has 1 heterocycles. The molecule has 2 radical (unpaired) electrons. The largest absolute Gasteiger partial charge is 1.00 e. The normalized spacial score (nSPS) is 15.5. The number of benzene rings is 2. The fraction of sp³-hybridized carbons (Fsp3) is 0. The number of rotatable bonds is 0. The average Bonchev–Trinajstić information content (AvgIpc) is 3.09. The van der Waals surface area contributed by atoms with E-state index in [0.717, 1.165) is 23.0 Å². The SMILES string of the molecule is F[P-](F)(F)(F)(F)F.[CH]1C=CC=C1.[Ru+].c1ccc2c(c1)Oc1ccccc1O2. The molecule has 0 atom stereocenters. The van der Waals surface area contributed by atoms with Gasteiger partial charge in [-0.1, -0.05) is 48.6 Å². The van der Waals surface area contributed by atoms with Gasteiger partial charge in [-0.05, 0) is 24.3 Å². The number of hydrogen-bond acceptors (Lipinski definition) is 2. The molecule has 0 unspecified atom stereocenters. The number of hydrogen-bond donors (Lipinski definition) is 0. The summed E-state index contributed by atoms with van der Waals surface area (Å²) < 4.78 is 70.5. The zero-order valence-corrected chi connectivity index (χ0v) is 16.0. The molecule has 2 aromatic rings. The summed E-state index contributed by atoms with van der Waals surface area (Å²) in [5.74, 6) is 3.08. The van der Waals surface area contributed by atoms with Crippen LogP contribution < -0.4 is 9.47 Å². The Morgan fingerprint density at radius 3 is 0.963 bits per heavy atom. The maximum atomic E-state index is 9.87. The molecule has 0 N–H and O–H groups in total. The molecule has 10 heteroatoms. The molecule has 148 valence electrons. The predicted molar refractivity (Wildman–Crippen MR) is 89.2 cm³/mol. The third-order valence-corrected chi connectivity index (χ3v) is 2.69. The molecule has 0 saturated carbocycles. The minimum atomic E-state index is -10.7. The van der Waals surface area contributed by atoms with Crippen LogP contribution in [0.15, 0.2) is 72.8 Å². The van der Waals surface area contributed by atoms with Crippen molar-refractivity contribution in [2.24, 2.45) is 0 Å². The number of allylic oxidation sites excluding steroid dienone is 4. The van der Waals surface area contributed by atoms with Crippen LogP contribution in [0.1, 0.15) is 0 Å². The molecule has 0 fully saturated rings. The van der Waals surface area contributed by atoms with Crippen molar-refractivity contribution >= 4 is 7.81 Å². The van der Waals surface area contributed by atoms with Crippen LogP contribution >= 0.6 is 7.81 Å². The summed E-state index contributed by atoms with van der Waals surface area (Å²) in [6, 6.07) is 15.3. The van der Waals surface area contributed by atoms with Gasteiger partial charge in [0.05, 0.1) is 0 Å². The minimum absolute atomic E-state index is 0. The van der Waals surface area contributed by atoms with Crippen molar-refractivity contribution in [1.82, 2.24) is 0 Å². The van der Waals surface area contributed by atoms with Gasteiger partial charge in [-0.15, -0.1) is 0 Å². The molecule has 2 aromatic carbocycles. The Balaban J connectivity index is 0.000000237. The van der Waals surface area contributed by atoms with Crippen molar-refractivity contribution < 1.29 is 54.1 Å². The molecular formula is C17H13F6O2PRu. The third kappa shape index (κ3) is 10.8. The topological polar surface area (TPSA) is 18.5 Å². The second-order valence-corrected chi connectivity index (χ2v) is 6.93. The van der Waals surface area contributed by atoms with E-state index in [0.29, 0.717) is 0 Å². The number of para-hydroxylation sites is 4. The quantitative estimate of drug-likeness (QED) is 0.178. The second kappa shape index (κ2) is 8.03. The van der Waals surface area contributed by atoms with Gasteiger partial charge >= 0.3 is 52.5 Å². The maximum Gasteiger partial charge on any atom is 1.00 e. The van der Waals surface area contributed by atoms with E-state index in [2.05, 4.69) is 0 Å². The van der Waals surface area contributed by atoms with Gasteiger partial charge in [0.1, 0.15) is 0 Å². The Hall–Kier alpha value is -1.85. The molecule has 2 aliphatic rings. The first kappa shape index (κ1) is 23.2. The van der Waals surface area contributed by atoms with Gasteiger partial charge in [-0.25, -0.2) is 0 Å². The Bertz CT molecular complexity index is 726. The van der Waals surface area contributed by atoms with Crippen LogP contribution in [0.5, 0.6) is 23.0 Å². The molecule has 0 amide bonds. The fourth-order valence-electron chi connectivity index (χ4n) is 1.80. The van der Waals surface area contributed by atoms with Crippen LogP contribution in [0.3, 0.4) is 0 Å². The minimum Gasteiger partial charge on any atom is -0.450 e. The summed E-state index contributed by atoms with van der Waals surface area (Å²) in [4.78, 5) is 0. The number of halogens is 6. The smallest absolute Gasteiger partial charge is 0.450 e. The molecule has 0 spiro atoms. The van der Waals surface area contributed by atoms with Gasteiger partial charge < -0.3 is 9.47 Å². The zero-order chi connectivity index (χ0) is 19.3. The summed E-state index contributed by atoms with van der Waals surface area (Å²) in [5, 5.41) is 0. The average molecular weight is 495 g/mol. The molecule has 0 aromatic heterocycles. The van der Waals surface area contributed by atoms with E-state index in [1.165, 1.54) is 0 Å². The van der Waals surface area contributed by atoms with Crippen molar-refractivity contribution in [2.75, 3.05) is 0 Å². The van der Waals surface area contributed by atoms with Gasteiger partial charge in [-0.3, -0.25) is 0 Å². The monoisotopic (exact) mass is 496 g/mol. The molecule has 1 aliphatic heterocycles. The van der Waals surface area contributed by atoms with E-state index < -0.39 is 7.81 Å². The number of fused-ring (bicyclic) bond motifs is 2. The van der Waals surface area contributed by atoms with E-state index in [4.69, 9.17) is 9.47 Å². The Morgan fingerprint density at radius 2 is 0.778 bits per heavy atom. The van der Waals surface area contributed by atoms with Crippen LogP contribution in [0.2, 0.25) is 0 Å². The predicted octanol–water partition coefficient (Wildman–Crippen LogP) is 8.28. The second-order valence-electron chi connectivity index (χ2n) is 5.02. The van der Waals surface area contributed by atoms with E-state index in [1.54, 1.807) is 0 Å². The van der Waals surface area contributed by atoms with Gasteiger partial charge in [0.25, 0.3) is 0 Å². The molecular weight excluding hydrogens is 482 g/mol. The van der Waals surface area contributed by atoms with Crippen molar-refractivity contribution in [3.8, 4) is 23.0 Å². The zero-order valence-electron chi connectivity index (χ0n) is 13.4. The molecule has 0 bridgehead atoms. The van der Waals surface area contributed by atoms with Gasteiger partial charge in [0.2, 0.25) is 0 Å². The van der Waals surface area contributed by atoms with E-state index in [9.17, 15) is 25.2 Å². The first-order chi connectivity index (χ1) is 11.9. The van der Waals surface area contributed by atoms with E-state index in [-0.39, 0.29) is 19.5 Å². The third-order valence-electron chi connectivity index (χ3n) is 2.69. The van der Waals surface area contributed by atoms with Crippen LogP contribution in [0.25, 0.3) is 0 Å². The molecule has 1 aliphatic carbocycles. The summed E-state index contributed by atoms with van der Waals surface area (Å²) in [6.07, 6.45) is 10.0. The standard InChI is InChI=1S/C12H8O2.C5H5.F6P.Ru/c1-2-6-10-9(5-1)13-11-7-3-4-8-12(11)14-10;1-2-4-5-3-1;1-7(2,3,4,5)6;/h1-8H;1-5H;;/q;;-1;+1. The first-order valence-electron chi connectivity index (χ1n) is 7.15. The fourth-order valence-corrected chi connectivity index (χ4v) is 1.80. The van der Waals surface area contributed by atoms with E-state index in [1.807, 2.05) is 79.3 Å². The van der Waals surface area contributed by atoms with E-state index >= 15 is 0 Å². The van der Waals surface area contributed by atoms with Gasteiger partial charge in [-0.2, -0.15) is 0 Å². The van der Waals surface area contributed by atoms with Crippen molar-refractivity contribution in [3.05, 3.63) is 79.3 Å². The maximum absolute atomic E-state index is 10.7. The van der Waals surface area contributed by atoms with Gasteiger partial charge in [0.15, 0.2) is 23.0 Å². The summed E-state index contributed by atoms with van der Waals surface area (Å²) in [6.45, 7) is 0. The van der Waals surface area contributed by atoms with Crippen molar-refractivity contribution in [2.45, 2.75) is 0 Å². The van der Waals surface area contributed by atoms with Crippen LogP contribution in [0, 0.1) is 6.42 Å². The van der Waals surface area contributed by atoms with Crippen LogP contribution in [-0.2, 0) is 19.5 Å². The Labute approximate surface area is 164 Å².